The molecule has 0 unspecified atom stereocenters. The summed E-state index contributed by atoms with van der Waals surface area (Å²) in [5.74, 6) is -1.20. The van der Waals surface area contributed by atoms with Gasteiger partial charge in [0.15, 0.2) is 0 Å². The fraction of sp³-hybridized carbons (Fsp3) is 0.267. The third-order valence-electron chi connectivity index (χ3n) is 3.10. The number of benzene rings is 1. The van der Waals surface area contributed by atoms with Crippen LogP contribution < -0.4 is 5.32 Å². The van der Waals surface area contributed by atoms with Crippen molar-refractivity contribution in [3.63, 3.8) is 0 Å². The third kappa shape index (κ3) is 4.42. The maximum atomic E-state index is 11.7. The molecule has 0 saturated carbocycles. The van der Waals surface area contributed by atoms with Crippen LogP contribution in [0.4, 0.5) is 0 Å². The van der Waals surface area contributed by atoms with Crippen molar-refractivity contribution in [3.8, 4) is 0 Å². The number of hydrogen-bond acceptors (Lipinski definition) is 4. The second-order valence-electron chi connectivity index (χ2n) is 4.72. The van der Waals surface area contributed by atoms with E-state index in [4.69, 9.17) is 9.84 Å². The monoisotopic (exact) mass is 303 g/mol. The summed E-state index contributed by atoms with van der Waals surface area (Å²) >= 11 is 0. The number of aromatic carboxylic acids is 1. The van der Waals surface area contributed by atoms with Crippen LogP contribution in [0.2, 0.25) is 0 Å². The number of ether oxygens (including phenoxy) is 1. The van der Waals surface area contributed by atoms with Crippen LogP contribution in [-0.4, -0.2) is 33.4 Å². The Hall–Kier alpha value is -2.67. The van der Waals surface area contributed by atoms with Crippen LogP contribution >= 0.6 is 0 Å². The van der Waals surface area contributed by atoms with Crippen molar-refractivity contribution >= 4 is 11.9 Å². The lowest BCUT2D eigenvalue weighted by Gasteiger charge is -2.07. The molecule has 1 aromatic heterocycles. The van der Waals surface area contributed by atoms with Crippen molar-refractivity contribution in [1.82, 2.24) is 15.1 Å². The van der Waals surface area contributed by atoms with Gasteiger partial charge in [0, 0.05) is 19.8 Å². The average Bonchev–Trinajstić information content (AvgIpc) is 2.91. The van der Waals surface area contributed by atoms with E-state index in [1.165, 1.54) is 12.1 Å². The van der Waals surface area contributed by atoms with E-state index in [0.717, 1.165) is 11.3 Å². The van der Waals surface area contributed by atoms with Crippen LogP contribution in [0.3, 0.4) is 0 Å². The van der Waals surface area contributed by atoms with Crippen LogP contribution in [-0.2, 0) is 29.7 Å². The second-order valence-corrected chi connectivity index (χ2v) is 4.72. The number of carboxylic acids is 1. The van der Waals surface area contributed by atoms with Gasteiger partial charge >= 0.3 is 5.97 Å². The Kier molecular flexibility index (Phi) is 5.26. The molecule has 0 fully saturated rings. The highest BCUT2D eigenvalue weighted by Gasteiger charge is 2.05. The number of carbonyl (C=O) groups is 2. The van der Waals surface area contributed by atoms with Crippen molar-refractivity contribution in [2.45, 2.75) is 13.2 Å². The molecule has 2 N–H and O–H groups in total. The van der Waals surface area contributed by atoms with Crippen molar-refractivity contribution in [2.24, 2.45) is 7.05 Å². The molecule has 0 aliphatic heterocycles. The Morgan fingerprint density at radius 3 is 2.59 bits per heavy atom. The Bertz CT molecular complexity index is 649. The van der Waals surface area contributed by atoms with E-state index in [1.807, 2.05) is 6.07 Å². The van der Waals surface area contributed by atoms with Gasteiger partial charge in [-0.3, -0.25) is 9.48 Å². The molecule has 7 nitrogen and oxygen atoms in total. The van der Waals surface area contributed by atoms with E-state index in [9.17, 15) is 9.59 Å². The summed E-state index contributed by atoms with van der Waals surface area (Å²) in [5, 5.41) is 15.5. The van der Waals surface area contributed by atoms with Crippen LogP contribution in [0.15, 0.2) is 36.5 Å². The van der Waals surface area contributed by atoms with Gasteiger partial charge in [0.25, 0.3) is 0 Å². The standard InChI is InChI=1S/C15H17N3O4/c1-18-13(6-7-17-18)9-22-10-14(19)16-8-11-2-4-12(5-3-11)15(20)21/h2-7H,8-10H2,1H3,(H,16,19)(H,20,21). The Balaban J connectivity index is 1.71. The van der Waals surface area contributed by atoms with Crippen molar-refractivity contribution in [3.05, 3.63) is 53.3 Å². The number of nitrogens with zero attached hydrogens (tertiary/aromatic N) is 2. The highest BCUT2D eigenvalue weighted by atomic mass is 16.5. The minimum absolute atomic E-state index is 0.0433. The van der Waals surface area contributed by atoms with Crippen LogP contribution in [0.5, 0.6) is 0 Å². The van der Waals surface area contributed by atoms with Crippen molar-refractivity contribution in [1.29, 1.82) is 0 Å². The maximum absolute atomic E-state index is 11.7. The molecule has 1 aromatic carbocycles. The van der Waals surface area contributed by atoms with Gasteiger partial charge in [0.2, 0.25) is 5.91 Å². The lowest BCUT2D eigenvalue weighted by atomic mass is 10.1. The summed E-state index contributed by atoms with van der Waals surface area (Å²) in [4.78, 5) is 22.4. The normalized spacial score (nSPS) is 10.4. The summed E-state index contributed by atoms with van der Waals surface area (Å²) in [7, 11) is 1.81. The van der Waals surface area contributed by atoms with Gasteiger partial charge in [0.05, 0.1) is 17.9 Å². The third-order valence-corrected chi connectivity index (χ3v) is 3.10. The average molecular weight is 303 g/mol. The highest BCUT2D eigenvalue weighted by Crippen LogP contribution is 2.04. The van der Waals surface area contributed by atoms with E-state index >= 15 is 0 Å². The van der Waals surface area contributed by atoms with Crippen molar-refractivity contribution < 1.29 is 19.4 Å². The van der Waals surface area contributed by atoms with Gasteiger partial charge < -0.3 is 15.2 Å². The number of nitrogens with one attached hydrogen (secondary N) is 1. The molecule has 0 aliphatic rings. The number of aromatic nitrogens is 2. The van der Waals surface area contributed by atoms with E-state index in [-0.39, 0.29) is 18.1 Å². The van der Waals surface area contributed by atoms with E-state index in [1.54, 1.807) is 30.1 Å². The first-order valence-corrected chi connectivity index (χ1v) is 6.70. The van der Waals surface area contributed by atoms with Crippen LogP contribution in [0, 0.1) is 0 Å². The van der Waals surface area contributed by atoms with Crippen molar-refractivity contribution in [2.75, 3.05) is 6.61 Å². The second kappa shape index (κ2) is 7.37. The summed E-state index contributed by atoms with van der Waals surface area (Å²) in [6, 6.07) is 8.16. The topological polar surface area (TPSA) is 93.5 Å². The highest BCUT2D eigenvalue weighted by molar-refractivity contribution is 5.87. The number of hydrogen-bond donors (Lipinski definition) is 2. The molecule has 0 bridgehead atoms. The Morgan fingerprint density at radius 2 is 2.00 bits per heavy atom. The first kappa shape index (κ1) is 15.7. The molecule has 2 aromatic rings. The smallest absolute Gasteiger partial charge is 0.335 e. The minimum atomic E-state index is -0.973. The summed E-state index contributed by atoms with van der Waals surface area (Å²) in [6.07, 6.45) is 1.67. The lowest BCUT2D eigenvalue weighted by Crippen LogP contribution is -2.27. The lowest BCUT2D eigenvalue weighted by molar-refractivity contribution is -0.126. The van der Waals surface area contributed by atoms with Gasteiger partial charge in [-0.2, -0.15) is 5.10 Å². The number of amides is 1. The number of carboxylic acid groups (broad SMARTS) is 1. The SMILES string of the molecule is Cn1nccc1COCC(=O)NCc1ccc(C(=O)O)cc1. The van der Waals surface area contributed by atoms with E-state index < -0.39 is 5.97 Å². The summed E-state index contributed by atoms with van der Waals surface area (Å²) in [6.45, 7) is 0.601. The van der Waals surface area contributed by atoms with E-state index in [0.29, 0.717) is 13.2 Å². The van der Waals surface area contributed by atoms with Crippen LogP contribution in [0.1, 0.15) is 21.6 Å². The molecule has 1 heterocycles. The molecule has 7 heteroatoms. The maximum Gasteiger partial charge on any atom is 0.335 e. The molecular weight excluding hydrogens is 286 g/mol. The molecule has 0 atom stereocenters. The number of rotatable bonds is 7. The molecule has 0 aliphatic carbocycles. The molecule has 0 saturated heterocycles. The summed E-state index contributed by atoms with van der Waals surface area (Å²) < 4.78 is 6.99. The Labute approximate surface area is 127 Å². The quantitative estimate of drug-likeness (QED) is 0.794. The zero-order chi connectivity index (χ0) is 15.9. The fourth-order valence-electron chi connectivity index (χ4n) is 1.81. The molecule has 1 amide bonds. The zero-order valence-corrected chi connectivity index (χ0v) is 12.2. The molecule has 2 rings (SSSR count). The molecule has 22 heavy (non-hydrogen) atoms. The first-order valence-electron chi connectivity index (χ1n) is 6.70. The predicted octanol–water partition coefficient (Wildman–Crippen LogP) is 0.951. The molecule has 0 spiro atoms. The minimum Gasteiger partial charge on any atom is -0.478 e. The zero-order valence-electron chi connectivity index (χ0n) is 12.2. The van der Waals surface area contributed by atoms with Gasteiger partial charge in [-0.1, -0.05) is 12.1 Å². The van der Waals surface area contributed by atoms with E-state index in [2.05, 4.69) is 10.4 Å². The molecule has 0 radical (unpaired) electrons. The van der Waals surface area contributed by atoms with Gasteiger partial charge in [-0.25, -0.2) is 4.79 Å². The Morgan fingerprint density at radius 1 is 1.27 bits per heavy atom. The molecular formula is C15H17N3O4. The largest absolute Gasteiger partial charge is 0.478 e. The van der Waals surface area contributed by atoms with Crippen LogP contribution in [0.25, 0.3) is 0 Å². The summed E-state index contributed by atoms with van der Waals surface area (Å²) in [5.41, 5.74) is 1.93. The van der Waals surface area contributed by atoms with Gasteiger partial charge in [-0.15, -0.1) is 0 Å². The fourth-order valence-corrected chi connectivity index (χ4v) is 1.81. The molecule has 116 valence electrons. The predicted molar refractivity (Wildman–Crippen MR) is 78.1 cm³/mol. The number of aryl methyl sites for hydroxylation is 1. The van der Waals surface area contributed by atoms with Gasteiger partial charge in [-0.05, 0) is 23.8 Å². The first-order chi connectivity index (χ1) is 10.6. The number of carbonyl (C=O) groups excluding carboxylic acids is 1. The van der Waals surface area contributed by atoms with Gasteiger partial charge in [0.1, 0.15) is 6.61 Å².